The number of nitrogens with zero attached hydrogens (tertiary/aromatic N) is 1. The Morgan fingerprint density at radius 3 is 3.00 bits per heavy atom. The summed E-state index contributed by atoms with van der Waals surface area (Å²) in [6, 6.07) is 5.01. The maximum Gasteiger partial charge on any atom is 0.180 e. The molecule has 0 aromatic heterocycles. The van der Waals surface area contributed by atoms with Crippen LogP contribution in [0.2, 0.25) is 0 Å². The van der Waals surface area contributed by atoms with Crippen LogP contribution >= 0.6 is 12.2 Å². The first-order valence-corrected chi connectivity index (χ1v) is 5.96. The highest BCUT2D eigenvalue weighted by Crippen LogP contribution is 2.33. The topological polar surface area (TPSA) is 68.0 Å². The van der Waals surface area contributed by atoms with Crippen molar-refractivity contribution in [1.29, 1.82) is 0 Å². The van der Waals surface area contributed by atoms with Gasteiger partial charge >= 0.3 is 0 Å². The second-order valence-electron chi connectivity index (χ2n) is 4.13. The van der Waals surface area contributed by atoms with Crippen molar-refractivity contribution in [3.8, 4) is 5.75 Å². The fourth-order valence-electron chi connectivity index (χ4n) is 1.83. The van der Waals surface area contributed by atoms with Crippen molar-refractivity contribution >= 4 is 22.9 Å². The molecule has 1 aromatic carbocycles. The zero-order valence-corrected chi connectivity index (χ0v) is 11.1. The van der Waals surface area contributed by atoms with E-state index in [0.29, 0.717) is 22.9 Å². The molecule has 1 heterocycles. The van der Waals surface area contributed by atoms with Gasteiger partial charge in [0.15, 0.2) is 6.29 Å². The van der Waals surface area contributed by atoms with Gasteiger partial charge in [0.05, 0.1) is 11.7 Å². The molecule has 0 radical (unpaired) electrons. The van der Waals surface area contributed by atoms with E-state index in [1.807, 2.05) is 7.05 Å². The van der Waals surface area contributed by atoms with Crippen LogP contribution in [0.3, 0.4) is 0 Å². The average molecular weight is 268 g/mol. The van der Waals surface area contributed by atoms with Crippen molar-refractivity contribution in [2.24, 2.45) is 5.73 Å². The average Bonchev–Trinajstić information content (AvgIpc) is 2.50. The van der Waals surface area contributed by atoms with Crippen LogP contribution < -0.4 is 15.4 Å². The lowest BCUT2D eigenvalue weighted by molar-refractivity contribution is -0.0769. The van der Waals surface area contributed by atoms with E-state index in [0.717, 1.165) is 5.69 Å². The molecule has 0 spiro atoms. The maximum atomic E-state index is 9.67. The van der Waals surface area contributed by atoms with E-state index in [2.05, 4.69) is 0 Å². The number of hydrogen-bond donors (Lipinski definition) is 2. The SMILES string of the molecule is COC(O)c1ccc2c(c1)N(C)C(=S)[C@@H](N)CO2. The largest absolute Gasteiger partial charge is 0.489 e. The molecule has 5 nitrogen and oxygen atoms in total. The van der Waals surface area contributed by atoms with Gasteiger partial charge in [-0.05, 0) is 12.1 Å². The number of aliphatic hydroxyl groups excluding tert-OH is 1. The Kier molecular flexibility index (Phi) is 3.82. The summed E-state index contributed by atoms with van der Waals surface area (Å²) in [6.45, 7) is 0.350. The number of aliphatic hydroxyl groups is 1. The number of hydrogen-bond acceptors (Lipinski definition) is 5. The zero-order chi connectivity index (χ0) is 13.3. The monoisotopic (exact) mass is 268 g/mol. The molecule has 2 atom stereocenters. The van der Waals surface area contributed by atoms with Crippen LogP contribution in [0.15, 0.2) is 18.2 Å². The number of anilines is 1. The van der Waals surface area contributed by atoms with Gasteiger partial charge in [0, 0.05) is 19.7 Å². The molecular formula is C12H16N2O3S. The molecule has 0 fully saturated rings. The van der Waals surface area contributed by atoms with Gasteiger partial charge in [0.1, 0.15) is 17.3 Å². The maximum absolute atomic E-state index is 9.67. The molecule has 0 bridgehead atoms. The molecule has 0 aliphatic carbocycles. The predicted octanol–water partition coefficient (Wildman–Crippen LogP) is 0.807. The van der Waals surface area contributed by atoms with E-state index < -0.39 is 6.29 Å². The van der Waals surface area contributed by atoms with Crippen LogP contribution in [0.5, 0.6) is 5.75 Å². The Balaban J connectivity index is 2.42. The van der Waals surface area contributed by atoms with E-state index in [9.17, 15) is 5.11 Å². The number of likely N-dealkylation sites (N-methyl/N-ethyl adjacent to an activating group) is 1. The molecule has 0 saturated heterocycles. The minimum atomic E-state index is -0.964. The summed E-state index contributed by atoms with van der Waals surface area (Å²) >= 11 is 5.28. The number of methoxy groups -OCH3 is 1. The van der Waals surface area contributed by atoms with Gasteiger partial charge in [-0.15, -0.1) is 0 Å². The molecule has 0 amide bonds. The Morgan fingerprint density at radius 1 is 1.61 bits per heavy atom. The standard InChI is InChI=1S/C12H16N2O3S/c1-14-9-5-7(12(15)16-2)3-4-10(9)17-6-8(13)11(14)18/h3-5,8,12,15H,6,13H2,1-2H3/t8-,12?/m0/s1. The zero-order valence-electron chi connectivity index (χ0n) is 10.3. The fourth-order valence-corrected chi connectivity index (χ4v) is 1.99. The number of nitrogens with two attached hydrogens (primary N) is 1. The first-order valence-electron chi connectivity index (χ1n) is 5.55. The smallest absolute Gasteiger partial charge is 0.180 e. The molecule has 18 heavy (non-hydrogen) atoms. The number of fused-ring (bicyclic) bond motifs is 1. The normalized spacial score (nSPS) is 21.0. The molecule has 1 aliphatic rings. The summed E-state index contributed by atoms with van der Waals surface area (Å²) < 4.78 is 10.5. The summed E-state index contributed by atoms with van der Waals surface area (Å²) in [6.07, 6.45) is -0.964. The van der Waals surface area contributed by atoms with Gasteiger partial charge in [-0.1, -0.05) is 18.3 Å². The van der Waals surface area contributed by atoms with Crippen molar-refractivity contribution in [1.82, 2.24) is 0 Å². The molecule has 1 aromatic rings. The third-order valence-corrected chi connectivity index (χ3v) is 3.50. The van der Waals surface area contributed by atoms with Crippen molar-refractivity contribution in [3.63, 3.8) is 0 Å². The molecular weight excluding hydrogens is 252 g/mol. The summed E-state index contributed by atoms with van der Waals surface area (Å²) in [7, 11) is 3.27. The van der Waals surface area contributed by atoms with E-state index in [1.54, 1.807) is 23.1 Å². The van der Waals surface area contributed by atoms with E-state index >= 15 is 0 Å². The highest BCUT2D eigenvalue weighted by atomic mass is 32.1. The molecule has 98 valence electrons. The van der Waals surface area contributed by atoms with Gasteiger partial charge in [0.25, 0.3) is 0 Å². The predicted molar refractivity (Wildman–Crippen MR) is 72.9 cm³/mol. The molecule has 0 saturated carbocycles. The third kappa shape index (κ3) is 2.32. The summed E-state index contributed by atoms with van der Waals surface area (Å²) in [4.78, 5) is 2.41. The molecule has 2 rings (SSSR count). The summed E-state index contributed by atoms with van der Waals surface area (Å²) in [5.41, 5.74) is 7.31. The number of ether oxygens (including phenoxy) is 2. The van der Waals surface area contributed by atoms with Crippen LogP contribution in [0, 0.1) is 0 Å². The van der Waals surface area contributed by atoms with E-state index in [-0.39, 0.29) is 6.04 Å². The quantitative estimate of drug-likeness (QED) is 0.611. The fraction of sp³-hybridized carbons (Fsp3) is 0.417. The highest BCUT2D eigenvalue weighted by molar-refractivity contribution is 7.80. The minimum absolute atomic E-state index is 0.312. The van der Waals surface area contributed by atoms with Crippen LogP contribution in [0.25, 0.3) is 0 Å². The molecule has 6 heteroatoms. The van der Waals surface area contributed by atoms with Gasteiger partial charge in [-0.2, -0.15) is 0 Å². The first kappa shape index (κ1) is 13.2. The lowest BCUT2D eigenvalue weighted by atomic mass is 10.1. The van der Waals surface area contributed by atoms with Gasteiger partial charge in [-0.25, -0.2) is 0 Å². The minimum Gasteiger partial charge on any atom is -0.489 e. The molecule has 1 unspecified atom stereocenters. The van der Waals surface area contributed by atoms with Crippen molar-refractivity contribution in [2.45, 2.75) is 12.3 Å². The lowest BCUT2D eigenvalue weighted by Crippen LogP contribution is -2.42. The Labute approximate surface area is 111 Å². The Morgan fingerprint density at radius 2 is 2.33 bits per heavy atom. The lowest BCUT2D eigenvalue weighted by Gasteiger charge is -2.21. The van der Waals surface area contributed by atoms with Crippen LogP contribution in [0.4, 0.5) is 5.69 Å². The molecule has 3 N–H and O–H groups in total. The first-order chi connectivity index (χ1) is 8.54. The van der Waals surface area contributed by atoms with Crippen LogP contribution in [-0.4, -0.2) is 36.9 Å². The van der Waals surface area contributed by atoms with E-state index in [1.165, 1.54) is 7.11 Å². The highest BCUT2D eigenvalue weighted by Gasteiger charge is 2.24. The second-order valence-corrected chi connectivity index (χ2v) is 4.55. The Bertz CT molecular complexity index is 467. The van der Waals surface area contributed by atoms with Gasteiger partial charge in [0.2, 0.25) is 0 Å². The van der Waals surface area contributed by atoms with Crippen molar-refractivity contribution in [2.75, 3.05) is 25.7 Å². The van der Waals surface area contributed by atoms with Crippen molar-refractivity contribution < 1.29 is 14.6 Å². The van der Waals surface area contributed by atoms with Gasteiger partial charge < -0.3 is 25.2 Å². The summed E-state index contributed by atoms with van der Waals surface area (Å²) in [5.74, 6) is 0.694. The number of thiocarbonyl (C=S) groups is 1. The van der Waals surface area contributed by atoms with Gasteiger partial charge in [-0.3, -0.25) is 0 Å². The van der Waals surface area contributed by atoms with Crippen molar-refractivity contribution in [3.05, 3.63) is 23.8 Å². The van der Waals surface area contributed by atoms with Crippen LogP contribution in [0.1, 0.15) is 11.9 Å². The molecule has 1 aliphatic heterocycles. The number of rotatable bonds is 2. The third-order valence-electron chi connectivity index (χ3n) is 2.92. The Hall–Kier alpha value is -1.21. The van der Waals surface area contributed by atoms with E-state index in [4.69, 9.17) is 27.4 Å². The number of benzene rings is 1. The van der Waals surface area contributed by atoms with Crippen LogP contribution in [-0.2, 0) is 4.74 Å². The second kappa shape index (κ2) is 5.19. The summed E-state index contributed by atoms with van der Waals surface area (Å²) in [5, 5.41) is 9.67.